The van der Waals surface area contributed by atoms with Crippen LogP contribution in [-0.2, 0) is 15.6 Å². The normalized spacial score (nSPS) is 17.8. The molecule has 3 rings (SSSR count). The van der Waals surface area contributed by atoms with Crippen molar-refractivity contribution in [3.8, 4) is 0 Å². The maximum atomic E-state index is 12.6. The van der Waals surface area contributed by atoms with Crippen LogP contribution in [0.5, 0.6) is 0 Å². The molecule has 0 atom stereocenters. The van der Waals surface area contributed by atoms with Crippen molar-refractivity contribution in [2.45, 2.75) is 91.2 Å². The van der Waals surface area contributed by atoms with Crippen LogP contribution in [0.1, 0.15) is 85.3 Å². The van der Waals surface area contributed by atoms with E-state index in [0.29, 0.717) is 25.1 Å². The Morgan fingerprint density at radius 1 is 1.08 bits per heavy atom. The summed E-state index contributed by atoms with van der Waals surface area (Å²) in [5, 5.41) is 2.79. The van der Waals surface area contributed by atoms with Crippen molar-refractivity contribution in [1.82, 2.24) is 4.90 Å². The van der Waals surface area contributed by atoms with Gasteiger partial charge in [0.05, 0.1) is 6.42 Å². The highest BCUT2D eigenvalue weighted by molar-refractivity contribution is 5.74. The summed E-state index contributed by atoms with van der Waals surface area (Å²) in [4.78, 5) is 12.9. The lowest BCUT2D eigenvalue weighted by molar-refractivity contribution is -0.138. The number of hydrogen-bond donors (Lipinski definition) is 1. The molecule has 214 valence electrons. The first kappa shape index (κ1) is 33.5. The topological polar surface area (TPSA) is 32.3 Å². The molecule has 0 radical (unpaired) electrons. The molecule has 3 nitrogen and oxygen atoms in total. The molecule has 1 aliphatic heterocycles. The number of allylic oxidation sites excluding steroid dienone is 6. The lowest BCUT2D eigenvalue weighted by Gasteiger charge is -2.41. The Morgan fingerprint density at radius 3 is 2.21 bits per heavy atom. The predicted octanol–water partition coefficient (Wildman–Crippen LogP) is 8.93. The molecular formula is C30H43F5N2O. The van der Waals surface area contributed by atoms with Crippen molar-refractivity contribution in [1.29, 1.82) is 0 Å². The monoisotopic (exact) mass is 542 g/mol. The Balaban J connectivity index is 0.000000501. The van der Waals surface area contributed by atoms with Gasteiger partial charge in [-0.1, -0.05) is 71.9 Å². The summed E-state index contributed by atoms with van der Waals surface area (Å²) in [6, 6.07) is 6.11. The molecule has 1 aromatic carbocycles. The molecule has 1 amide bonds. The van der Waals surface area contributed by atoms with Gasteiger partial charge >= 0.3 is 6.18 Å². The summed E-state index contributed by atoms with van der Waals surface area (Å²) >= 11 is 0. The molecule has 1 saturated heterocycles. The Labute approximate surface area is 224 Å². The fraction of sp³-hybridized carbons (Fsp3) is 0.567. The van der Waals surface area contributed by atoms with Crippen LogP contribution in [0.4, 0.5) is 27.6 Å². The van der Waals surface area contributed by atoms with Gasteiger partial charge in [-0.25, -0.2) is 8.78 Å². The summed E-state index contributed by atoms with van der Waals surface area (Å²) in [6.07, 6.45) is 2.22. The van der Waals surface area contributed by atoms with E-state index in [4.69, 9.17) is 0 Å². The Morgan fingerprint density at radius 2 is 1.68 bits per heavy atom. The zero-order valence-electron chi connectivity index (χ0n) is 23.7. The molecule has 2 aliphatic rings. The number of benzene rings is 1. The fourth-order valence-electron chi connectivity index (χ4n) is 4.28. The lowest BCUT2D eigenvalue weighted by atomic mass is 9.72. The molecule has 1 N–H and O–H groups in total. The number of anilines is 1. The van der Waals surface area contributed by atoms with Gasteiger partial charge in [-0.3, -0.25) is 4.79 Å². The first-order chi connectivity index (χ1) is 17.7. The van der Waals surface area contributed by atoms with Gasteiger partial charge in [-0.15, -0.1) is 0 Å². The summed E-state index contributed by atoms with van der Waals surface area (Å²) in [5.74, 6) is -1.40. The van der Waals surface area contributed by atoms with Gasteiger partial charge in [0.25, 0.3) is 0 Å². The molecule has 0 unspecified atom stereocenters. The van der Waals surface area contributed by atoms with Crippen LogP contribution in [0.15, 0.2) is 53.7 Å². The quantitative estimate of drug-likeness (QED) is 0.298. The largest absolute Gasteiger partial charge is 0.390 e. The number of nitrogens with zero attached hydrogens (tertiary/aromatic N) is 1. The number of carbonyl (C=O) groups excluding carboxylic acids is 1. The summed E-state index contributed by atoms with van der Waals surface area (Å²) in [7, 11) is 0. The van der Waals surface area contributed by atoms with Crippen LogP contribution >= 0.6 is 0 Å². The van der Waals surface area contributed by atoms with Crippen molar-refractivity contribution in [3.05, 3.63) is 64.8 Å². The van der Waals surface area contributed by atoms with E-state index >= 15 is 0 Å². The standard InChI is InChI=1S/C20H29F3N2O.C8H8F2.C2H6/c1-18(2,3)15-5-6-17(24-14-26)16(13-15)19(4)7-10-25(11-8-19)12-9-20(21,22)23;1-6-4-2-3-5-7(9)8(6)10;1-2/h5-6,13-14H,7-12H2,1-4H3,(H,24,26);2-4H,5H2,1H3;1-2H3. The third-order valence-electron chi connectivity index (χ3n) is 6.79. The summed E-state index contributed by atoms with van der Waals surface area (Å²) < 4.78 is 62.5. The minimum atomic E-state index is -4.11. The van der Waals surface area contributed by atoms with Crippen molar-refractivity contribution in [2.24, 2.45) is 0 Å². The van der Waals surface area contributed by atoms with Gasteiger partial charge in [0.2, 0.25) is 6.41 Å². The fourth-order valence-corrected chi connectivity index (χ4v) is 4.28. The minimum Gasteiger partial charge on any atom is -0.328 e. The highest BCUT2D eigenvalue weighted by atomic mass is 19.4. The van der Waals surface area contributed by atoms with E-state index in [2.05, 4.69) is 39.1 Å². The SMILES string of the molecule is CC.CC(C)(C)c1ccc(NC=O)c(C2(C)CCN(CCC(F)(F)F)CC2)c1.CC1=CC=CCC(F)=C1F. The Kier molecular flexibility index (Phi) is 12.9. The molecule has 0 bridgehead atoms. The van der Waals surface area contributed by atoms with Gasteiger partial charge in [0.15, 0.2) is 5.83 Å². The van der Waals surface area contributed by atoms with Crippen molar-refractivity contribution >= 4 is 12.1 Å². The van der Waals surface area contributed by atoms with Crippen molar-refractivity contribution in [3.63, 3.8) is 0 Å². The number of alkyl halides is 3. The van der Waals surface area contributed by atoms with E-state index in [1.54, 1.807) is 25.2 Å². The molecule has 1 aromatic rings. The van der Waals surface area contributed by atoms with Crippen LogP contribution in [0, 0.1) is 0 Å². The molecule has 0 aromatic heterocycles. The second kappa shape index (κ2) is 14.6. The number of nitrogens with one attached hydrogen (secondary N) is 1. The van der Waals surface area contributed by atoms with Gasteiger partial charge in [-0.2, -0.15) is 13.2 Å². The average Bonchev–Trinajstić information content (AvgIpc) is 3.00. The van der Waals surface area contributed by atoms with Crippen LogP contribution in [0.25, 0.3) is 0 Å². The van der Waals surface area contributed by atoms with E-state index in [1.807, 2.05) is 30.9 Å². The van der Waals surface area contributed by atoms with Crippen LogP contribution < -0.4 is 5.32 Å². The van der Waals surface area contributed by atoms with E-state index in [-0.39, 0.29) is 23.8 Å². The highest BCUT2D eigenvalue weighted by Crippen LogP contribution is 2.41. The van der Waals surface area contributed by atoms with Crippen LogP contribution in [-0.4, -0.2) is 37.1 Å². The summed E-state index contributed by atoms with van der Waals surface area (Å²) in [6.45, 7) is 15.4. The van der Waals surface area contributed by atoms with Gasteiger partial charge in [-0.05, 0) is 66.5 Å². The zero-order valence-corrected chi connectivity index (χ0v) is 23.7. The first-order valence-electron chi connectivity index (χ1n) is 13.2. The number of rotatable bonds is 5. The zero-order chi connectivity index (χ0) is 29.1. The number of halogens is 5. The second-order valence-electron chi connectivity index (χ2n) is 10.7. The van der Waals surface area contributed by atoms with Gasteiger partial charge in [0, 0.05) is 18.7 Å². The van der Waals surface area contributed by atoms with Crippen molar-refractivity contribution < 1.29 is 26.7 Å². The number of piperidine rings is 1. The highest BCUT2D eigenvalue weighted by Gasteiger charge is 2.36. The number of hydrogen-bond acceptors (Lipinski definition) is 2. The average molecular weight is 543 g/mol. The maximum absolute atomic E-state index is 12.6. The van der Waals surface area contributed by atoms with Crippen LogP contribution in [0.2, 0.25) is 0 Å². The van der Waals surface area contributed by atoms with Gasteiger partial charge < -0.3 is 10.2 Å². The molecule has 0 saturated carbocycles. The molecule has 0 spiro atoms. The third-order valence-corrected chi connectivity index (χ3v) is 6.79. The molecule has 8 heteroatoms. The number of likely N-dealkylation sites (tertiary alicyclic amines) is 1. The second-order valence-corrected chi connectivity index (χ2v) is 10.7. The molecule has 1 fully saturated rings. The molecule has 38 heavy (non-hydrogen) atoms. The number of carbonyl (C=O) groups is 1. The van der Waals surface area contributed by atoms with E-state index in [0.717, 1.165) is 24.1 Å². The Hall–Kier alpha value is -2.48. The lowest BCUT2D eigenvalue weighted by Crippen LogP contribution is -2.42. The van der Waals surface area contributed by atoms with Crippen LogP contribution in [0.3, 0.4) is 0 Å². The van der Waals surface area contributed by atoms with E-state index in [9.17, 15) is 26.7 Å². The third kappa shape index (κ3) is 10.4. The minimum absolute atomic E-state index is 0.0156. The molecule has 1 heterocycles. The van der Waals surface area contributed by atoms with E-state index in [1.165, 1.54) is 5.56 Å². The molecule has 1 aliphatic carbocycles. The maximum Gasteiger partial charge on any atom is 0.390 e. The molecular weight excluding hydrogens is 499 g/mol. The summed E-state index contributed by atoms with van der Waals surface area (Å²) in [5.41, 5.74) is 3.22. The predicted molar refractivity (Wildman–Crippen MR) is 147 cm³/mol. The smallest absolute Gasteiger partial charge is 0.328 e. The van der Waals surface area contributed by atoms with E-state index < -0.39 is 24.3 Å². The van der Waals surface area contributed by atoms with Crippen molar-refractivity contribution in [2.75, 3.05) is 25.0 Å². The first-order valence-corrected chi connectivity index (χ1v) is 13.2. The van der Waals surface area contributed by atoms with Gasteiger partial charge in [0.1, 0.15) is 5.83 Å². The Bertz CT molecular complexity index is 989. The number of amides is 1.